The van der Waals surface area contributed by atoms with Crippen molar-refractivity contribution in [3.63, 3.8) is 0 Å². The van der Waals surface area contributed by atoms with Gasteiger partial charge in [0, 0.05) is 19.7 Å². The highest BCUT2D eigenvalue weighted by Gasteiger charge is 2.31. The lowest BCUT2D eigenvalue weighted by Gasteiger charge is -2.13. The Labute approximate surface area is 144 Å². The Kier molecular flexibility index (Phi) is 3.30. The van der Waals surface area contributed by atoms with Crippen LogP contribution in [0.1, 0.15) is 16.1 Å². The number of aryl methyl sites for hydroxylation is 1. The van der Waals surface area contributed by atoms with E-state index < -0.39 is 28.9 Å². The van der Waals surface area contributed by atoms with Crippen molar-refractivity contribution in [3.05, 3.63) is 61.9 Å². The molecule has 7 nitrogen and oxygen atoms in total. The Morgan fingerprint density at radius 1 is 1.04 bits per heavy atom. The highest BCUT2D eigenvalue weighted by molar-refractivity contribution is 6.08. The second-order valence-corrected chi connectivity index (χ2v) is 5.92. The van der Waals surface area contributed by atoms with E-state index in [4.69, 9.17) is 4.74 Å². The van der Waals surface area contributed by atoms with Crippen LogP contribution in [0.15, 0.2) is 27.8 Å². The molecule has 3 aromatic rings. The molecule has 1 aromatic carbocycles. The Bertz CT molecular complexity index is 1240. The lowest BCUT2D eigenvalue weighted by molar-refractivity contribution is 0.0534. The minimum atomic E-state index is -1.13. The fraction of sp³-hybridized carbons (Fsp3) is 0.176. The summed E-state index contributed by atoms with van der Waals surface area (Å²) in [7, 11) is 2.71. The van der Waals surface area contributed by atoms with Crippen molar-refractivity contribution in [2.45, 2.75) is 6.61 Å². The molecule has 0 atom stereocenters. The third-order valence-electron chi connectivity index (χ3n) is 4.42. The second-order valence-electron chi connectivity index (χ2n) is 5.92. The molecule has 4 rings (SSSR count). The van der Waals surface area contributed by atoms with Crippen LogP contribution >= 0.6 is 0 Å². The van der Waals surface area contributed by atoms with Crippen LogP contribution in [-0.2, 0) is 25.4 Å². The maximum atomic E-state index is 13.8. The van der Waals surface area contributed by atoms with Gasteiger partial charge in [-0.15, -0.1) is 0 Å². The summed E-state index contributed by atoms with van der Waals surface area (Å²) in [6.07, 6.45) is 0. The molecule has 0 radical (unpaired) electrons. The maximum absolute atomic E-state index is 13.8. The number of pyridine rings is 1. The lowest BCUT2D eigenvalue weighted by atomic mass is 9.96. The first-order valence-corrected chi connectivity index (χ1v) is 7.56. The molecule has 0 unspecified atom stereocenters. The average Bonchev–Trinajstić information content (AvgIpc) is 2.99. The number of hydrogen-bond acceptors (Lipinski definition) is 5. The molecule has 0 bridgehead atoms. The zero-order valence-corrected chi connectivity index (χ0v) is 13.7. The SMILES string of the molecule is Cn1c(=O)c2c(-c3ccc(F)c(F)c3)c3c(nc2n(C)c1=O)COC3=O. The lowest BCUT2D eigenvalue weighted by Crippen LogP contribution is -2.37. The molecule has 1 aliphatic heterocycles. The minimum Gasteiger partial charge on any atom is -0.455 e. The van der Waals surface area contributed by atoms with Crippen molar-refractivity contribution >= 4 is 17.0 Å². The van der Waals surface area contributed by atoms with Crippen LogP contribution in [0.25, 0.3) is 22.2 Å². The number of halogens is 2. The quantitative estimate of drug-likeness (QED) is 0.611. The van der Waals surface area contributed by atoms with Gasteiger partial charge in [-0.1, -0.05) is 6.07 Å². The van der Waals surface area contributed by atoms with Crippen molar-refractivity contribution in [2.24, 2.45) is 14.1 Å². The average molecular weight is 359 g/mol. The van der Waals surface area contributed by atoms with Crippen LogP contribution in [0.2, 0.25) is 0 Å². The number of rotatable bonds is 1. The summed E-state index contributed by atoms with van der Waals surface area (Å²) in [5, 5.41) is -0.0433. The number of aromatic nitrogens is 3. The number of hydrogen-bond donors (Lipinski definition) is 0. The third kappa shape index (κ3) is 2.03. The molecule has 0 saturated heterocycles. The van der Waals surface area contributed by atoms with Gasteiger partial charge in [0.1, 0.15) is 12.3 Å². The van der Waals surface area contributed by atoms with Crippen molar-refractivity contribution in [3.8, 4) is 11.1 Å². The van der Waals surface area contributed by atoms with Crippen LogP contribution in [0.5, 0.6) is 0 Å². The molecular formula is C17H11F2N3O4. The number of fused-ring (bicyclic) bond motifs is 2. The van der Waals surface area contributed by atoms with Crippen LogP contribution in [0.4, 0.5) is 8.78 Å². The van der Waals surface area contributed by atoms with Gasteiger partial charge in [-0.2, -0.15) is 0 Å². The molecule has 0 saturated carbocycles. The van der Waals surface area contributed by atoms with Gasteiger partial charge in [0.15, 0.2) is 11.6 Å². The molecule has 2 aromatic heterocycles. The van der Waals surface area contributed by atoms with Crippen molar-refractivity contribution in [1.82, 2.24) is 14.1 Å². The van der Waals surface area contributed by atoms with Gasteiger partial charge in [0.2, 0.25) is 0 Å². The van der Waals surface area contributed by atoms with Crippen molar-refractivity contribution in [2.75, 3.05) is 0 Å². The molecular weight excluding hydrogens is 348 g/mol. The number of cyclic esters (lactones) is 1. The number of nitrogens with zero attached hydrogens (tertiary/aromatic N) is 3. The monoisotopic (exact) mass is 359 g/mol. The van der Waals surface area contributed by atoms with Crippen LogP contribution in [0.3, 0.4) is 0 Å². The molecule has 9 heteroatoms. The van der Waals surface area contributed by atoms with Crippen LogP contribution in [-0.4, -0.2) is 20.1 Å². The zero-order chi connectivity index (χ0) is 18.7. The third-order valence-corrected chi connectivity index (χ3v) is 4.42. The standard InChI is InChI=1S/C17H11F2N3O4/c1-21-14-13(15(23)22(2)17(21)25)11(7-3-4-8(18)9(19)5-7)12-10(20-14)6-26-16(12)24/h3-5H,6H2,1-2H3. The Hall–Kier alpha value is -3.36. The van der Waals surface area contributed by atoms with Gasteiger partial charge in [-0.05, 0) is 17.7 Å². The summed E-state index contributed by atoms with van der Waals surface area (Å²) in [4.78, 5) is 41.4. The largest absolute Gasteiger partial charge is 0.455 e. The molecule has 0 aliphatic carbocycles. The molecule has 0 fully saturated rings. The molecule has 1 aliphatic rings. The van der Waals surface area contributed by atoms with Gasteiger partial charge < -0.3 is 4.74 Å². The van der Waals surface area contributed by atoms with E-state index in [2.05, 4.69) is 4.98 Å². The van der Waals surface area contributed by atoms with E-state index in [1.54, 1.807) is 0 Å². The fourth-order valence-corrected chi connectivity index (χ4v) is 3.11. The first kappa shape index (κ1) is 16.1. The fourth-order valence-electron chi connectivity index (χ4n) is 3.11. The molecule has 3 heterocycles. The van der Waals surface area contributed by atoms with E-state index >= 15 is 0 Å². The number of carbonyl (C=O) groups is 1. The molecule has 26 heavy (non-hydrogen) atoms. The summed E-state index contributed by atoms with van der Waals surface area (Å²) in [5.41, 5.74) is -0.835. The predicted octanol–water partition coefficient (Wildman–Crippen LogP) is 1.25. The summed E-state index contributed by atoms with van der Waals surface area (Å²) in [6, 6.07) is 3.04. The van der Waals surface area contributed by atoms with E-state index in [1.807, 2.05) is 0 Å². The topological polar surface area (TPSA) is 83.2 Å². The number of benzene rings is 1. The highest BCUT2D eigenvalue weighted by atomic mass is 19.2. The van der Waals surface area contributed by atoms with E-state index in [-0.39, 0.29) is 40.0 Å². The summed E-state index contributed by atoms with van der Waals surface area (Å²) in [5.74, 6) is -2.91. The molecule has 0 spiro atoms. The summed E-state index contributed by atoms with van der Waals surface area (Å²) < 4.78 is 34.1. The van der Waals surface area contributed by atoms with E-state index in [1.165, 1.54) is 20.2 Å². The second kappa shape index (κ2) is 5.32. The van der Waals surface area contributed by atoms with Gasteiger partial charge in [0.25, 0.3) is 5.56 Å². The van der Waals surface area contributed by atoms with Crippen LogP contribution < -0.4 is 11.2 Å². The van der Waals surface area contributed by atoms with Crippen LogP contribution in [0, 0.1) is 11.6 Å². The summed E-state index contributed by atoms with van der Waals surface area (Å²) in [6.45, 7) is -0.135. The Morgan fingerprint density at radius 2 is 1.77 bits per heavy atom. The highest BCUT2D eigenvalue weighted by Crippen LogP contribution is 2.35. The van der Waals surface area contributed by atoms with E-state index in [9.17, 15) is 23.2 Å². The zero-order valence-electron chi connectivity index (χ0n) is 13.7. The predicted molar refractivity (Wildman–Crippen MR) is 86.7 cm³/mol. The van der Waals surface area contributed by atoms with Crippen molar-refractivity contribution < 1.29 is 18.3 Å². The first-order chi connectivity index (χ1) is 12.3. The normalized spacial score (nSPS) is 13.2. The van der Waals surface area contributed by atoms with E-state index in [0.717, 1.165) is 21.3 Å². The first-order valence-electron chi connectivity index (χ1n) is 7.56. The maximum Gasteiger partial charge on any atom is 0.341 e. The van der Waals surface area contributed by atoms with Gasteiger partial charge in [0.05, 0.1) is 16.6 Å². The van der Waals surface area contributed by atoms with Crippen molar-refractivity contribution in [1.29, 1.82) is 0 Å². The number of ether oxygens (including phenoxy) is 1. The Morgan fingerprint density at radius 3 is 2.46 bits per heavy atom. The van der Waals surface area contributed by atoms with E-state index in [0.29, 0.717) is 0 Å². The van der Waals surface area contributed by atoms with Gasteiger partial charge in [-0.3, -0.25) is 13.9 Å². The smallest absolute Gasteiger partial charge is 0.341 e. The van der Waals surface area contributed by atoms with Gasteiger partial charge >= 0.3 is 11.7 Å². The minimum absolute atomic E-state index is 0.0132. The number of carbonyl (C=O) groups excluding carboxylic acids is 1. The molecule has 132 valence electrons. The molecule has 0 N–H and O–H groups in total. The molecule has 0 amide bonds. The Balaban J connectivity index is 2.29. The summed E-state index contributed by atoms with van der Waals surface area (Å²) >= 11 is 0. The number of esters is 1. The van der Waals surface area contributed by atoms with Gasteiger partial charge in [-0.25, -0.2) is 23.4 Å².